The lowest BCUT2D eigenvalue weighted by molar-refractivity contribution is 0.233. The highest BCUT2D eigenvalue weighted by Gasteiger charge is 2.06. The maximum absolute atomic E-state index is 5.78. The van der Waals surface area contributed by atoms with Gasteiger partial charge in [-0.3, -0.25) is 0 Å². The van der Waals surface area contributed by atoms with Gasteiger partial charge in [0.2, 0.25) is 0 Å². The third-order valence-corrected chi connectivity index (χ3v) is 3.16. The van der Waals surface area contributed by atoms with Gasteiger partial charge in [-0.1, -0.05) is 33.1 Å². The van der Waals surface area contributed by atoms with Crippen LogP contribution in [0.15, 0.2) is 29.2 Å². The third kappa shape index (κ3) is 4.93. The molecule has 90 valence electrons. The van der Waals surface area contributed by atoms with Crippen LogP contribution in [0.4, 0.5) is 0 Å². The first-order valence-corrected chi connectivity index (χ1v) is 6.62. The second-order valence-corrected chi connectivity index (χ2v) is 4.74. The van der Waals surface area contributed by atoms with Crippen LogP contribution in [0.5, 0.6) is 5.75 Å². The fourth-order valence-electron chi connectivity index (χ4n) is 1.65. The Balaban J connectivity index is 2.34. The van der Waals surface area contributed by atoms with Crippen molar-refractivity contribution < 1.29 is 4.74 Å². The minimum atomic E-state index is 0.690. The zero-order valence-corrected chi connectivity index (χ0v) is 11.2. The zero-order chi connectivity index (χ0) is 11.8. The number of hydrogen-bond acceptors (Lipinski definition) is 2. The highest BCUT2D eigenvalue weighted by atomic mass is 32.1. The molecule has 1 unspecified atom stereocenters. The van der Waals surface area contributed by atoms with Crippen LogP contribution >= 0.6 is 12.6 Å². The Kier molecular flexibility index (Phi) is 6.39. The molecule has 0 amide bonds. The molecule has 0 N–H and O–H groups in total. The Morgan fingerprint density at radius 2 is 1.88 bits per heavy atom. The van der Waals surface area contributed by atoms with E-state index >= 15 is 0 Å². The van der Waals surface area contributed by atoms with Crippen molar-refractivity contribution in [1.82, 2.24) is 0 Å². The predicted molar refractivity (Wildman–Crippen MR) is 72.5 cm³/mol. The fourth-order valence-corrected chi connectivity index (χ4v) is 1.80. The number of thiol groups is 1. The molecule has 1 nitrogen and oxygen atoms in total. The number of benzene rings is 1. The number of unbranched alkanes of at least 4 members (excludes halogenated alkanes) is 1. The van der Waals surface area contributed by atoms with Crippen LogP contribution in [0.3, 0.4) is 0 Å². The summed E-state index contributed by atoms with van der Waals surface area (Å²) in [5, 5.41) is 0. The molecule has 0 radical (unpaired) electrons. The molecule has 1 aromatic carbocycles. The molecule has 2 heteroatoms. The molecule has 1 rings (SSSR count). The van der Waals surface area contributed by atoms with Crippen molar-refractivity contribution in [2.75, 3.05) is 6.61 Å². The third-order valence-electron chi connectivity index (χ3n) is 2.87. The summed E-state index contributed by atoms with van der Waals surface area (Å²) in [6.07, 6.45) is 5.05. The van der Waals surface area contributed by atoms with Crippen LogP contribution in [0.1, 0.15) is 39.5 Å². The number of rotatable bonds is 7. The monoisotopic (exact) mass is 238 g/mol. The van der Waals surface area contributed by atoms with Crippen LogP contribution in [-0.4, -0.2) is 6.61 Å². The summed E-state index contributed by atoms with van der Waals surface area (Å²) in [6, 6.07) is 7.89. The summed E-state index contributed by atoms with van der Waals surface area (Å²) in [4.78, 5) is 0.977. The van der Waals surface area contributed by atoms with Crippen molar-refractivity contribution >= 4 is 12.6 Å². The van der Waals surface area contributed by atoms with Crippen molar-refractivity contribution in [2.45, 2.75) is 44.4 Å². The van der Waals surface area contributed by atoms with Gasteiger partial charge in [0, 0.05) is 4.90 Å². The first kappa shape index (κ1) is 13.4. The SMILES string of the molecule is CCCCC(CC)COc1ccc(S)cc1. The van der Waals surface area contributed by atoms with Gasteiger partial charge < -0.3 is 4.74 Å². The van der Waals surface area contributed by atoms with Gasteiger partial charge in [-0.15, -0.1) is 12.6 Å². The largest absolute Gasteiger partial charge is 0.493 e. The molecule has 0 aliphatic heterocycles. The average Bonchev–Trinajstić information content (AvgIpc) is 2.32. The van der Waals surface area contributed by atoms with E-state index in [0.717, 1.165) is 17.3 Å². The second-order valence-electron chi connectivity index (χ2n) is 4.22. The lowest BCUT2D eigenvalue weighted by Crippen LogP contribution is -2.11. The molecule has 0 aliphatic rings. The number of ether oxygens (including phenoxy) is 1. The molecular formula is C14H22OS. The van der Waals surface area contributed by atoms with E-state index in [2.05, 4.69) is 26.5 Å². The van der Waals surface area contributed by atoms with Crippen LogP contribution in [0.25, 0.3) is 0 Å². The smallest absolute Gasteiger partial charge is 0.119 e. The van der Waals surface area contributed by atoms with Crippen LogP contribution in [-0.2, 0) is 0 Å². The Hall–Kier alpha value is -0.630. The van der Waals surface area contributed by atoms with Crippen molar-refractivity contribution in [3.63, 3.8) is 0 Å². The lowest BCUT2D eigenvalue weighted by atomic mass is 10.0. The van der Waals surface area contributed by atoms with E-state index in [4.69, 9.17) is 4.74 Å². The Morgan fingerprint density at radius 3 is 2.44 bits per heavy atom. The summed E-state index contributed by atoms with van der Waals surface area (Å²) in [5.41, 5.74) is 0. The first-order chi connectivity index (χ1) is 7.76. The van der Waals surface area contributed by atoms with E-state index in [-0.39, 0.29) is 0 Å². The summed E-state index contributed by atoms with van der Waals surface area (Å²) < 4.78 is 5.78. The molecular weight excluding hydrogens is 216 g/mol. The highest BCUT2D eigenvalue weighted by molar-refractivity contribution is 7.80. The predicted octanol–water partition coefficient (Wildman–Crippen LogP) is 4.57. The fraction of sp³-hybridized carbons (Fsp3) is 0.571. The summed E-state index contributed by atoms with van der Waals surface area (Å²) >= 11 is 4.25. The van der Waals surface area contributed by atoms with Gasteiger partial charge in [0.05, 0.1) is 6.61 Å². The van der Waals surface area contributed by atoms with Gasteiger partial charge in [-0.05, 0) is 36.6 Å². The summed E-state index contributed by atoms with van der Waals surface area (Å²) in [7, 11) is 0. The van der Waals surface area contributed by atoms with Crippen LogP contribution < -0.4 is 4.74 Å². The van der Waals surface area contributed by atoms with Crippen LogP contribution in [0.2, 0.25) is 0 Å². The molecule has 1 atom stereocenters. The molecule has 0 fully saturated rings. The lowest BCUT2D eigenvalue weighted by Gasteiger charge is -2.15. The molecule has 16 heavy (non-hydrogen) atoms. The van der Waals surface area contributed by atoms with Gasteiger partial charge in [-0.2, -0.15) is 0 Å². The van der Waals surface area contributed by atoms with Crippen LogP contribution in [0, 0.1) is 5.92 Å². The van der Waals surface area contributed by atoms with Gasteiger partial charge in [0.1, 0.15) is 5.75 Å². The molecule has 0 saturated carbocycles. The van der Waals surface area contributed by atoms with Crippen molar-refractivity contribution in [1.29, 1.82) is 0 Å². The van der Waals surface area contributed by atoms with Gasteiger partial charge in [0.25, 0.3) is 0 Å². The van der Waals surface area contributed by atoms with Gasteiger partial charge in [-0.25, -0.2) is 0 Å². The molecule has 0 spiro atoms. The zero-order valence-electron chi connectivity index (χ0n) is 10.3. The molecule has 0 aromatic heterocycles. The standard InChI is InChI=1S/C14H22OS/c1-3-5-6-12(4-2)11-15-13-7-9-14(16)10-8-13/h7-10,12,16H,3-6,11H2,1-2H3. The minimum absolute atomic E-state index is 0.690. The van der Waals surface area contributed by atoms with E-state index in [1.807, 2.05) is 24.3 Å². The maximum Gasteiger partial charge on any atom is 0.119 e. The molecule has 1 aromatic rings. The Morgan fingerprint density at radius 1 is 1.19 bits per heavy atom. The second kappa shape index (κ2) is 7.61. The quantitative estimate of drug-likeness (QED) is 0.685. The maximum atomic E-state index is 5.78. The molecule has 0 saturated heterocycles. The van der Waals surface area contributed by atoms with Gasteiger partial charge in [0.15, 0.2) is 0 Å². The van der Waals surface area contributed by atoms with E-state index in [1.54, 1.807) is 0 Å². The van der Waals surface area contributed by atoms with Gasteiger partial charge >= 0.3 is 0 Å². The number of hydrogen-bond donors (Lipinski definition) is 1. The highest BCUT2D eigenvalue weighted by Crippen LogP contribution is 2.18. The average molecular weight is 238 g/mol. The van der Waals surface area contributed by atoms with Crippen molar-refractivity contribution in [3.05, 3.63) is 24.3 Å². The Bertz CT molecular complexity index is 281. The topological polar surface area (TPSA) is 9.23 Å². The summed E-state index contributed by atoms with van der Waals surface area (Å²) in [6.45, 7) is 5.31. The first-order valence-electron chi connectivity index (χ1n) is 6.18. The molecule has 0 heterocycles. The van der Waals surface area contributed by atoms with Crippen molar-refractivity contribution in [3.8, 4) is 5.75 Å². The van der Waals surface area contributed by atoms with E-state index < -0.39 is 0 Å². The normalized spacial score (nSPS) is 12.4. The van der Waals surface area contributed by atoms with E-state index in [1.165, 1.54) is 25.7 Å². The van der Waals surface area contributed by atoms with E-state index in [9.17, 15) is 0 Å². The van der Waals surface area contributed by atoms with E-state index in [0.29, 0.717) is 5.92 Å². The van der Waals surface area contributed by atoms with Crippen molar-refractivity contribution in [2.24, 2.45) is 5.92 Å². The Labute approximate surface area is 105 Å². The molecule has 0 bridgehead atoms. The summed E-state index contributed by atoms with van der Waals surface area (Å²) in [5.74, 6) is 1.64. The molecule has 0 aliphatic carbocycles. The minimum Gasteiger partial charge on any atom is -0.493 e.